The zero-order chi connectivity index (χ0) is 12.4. The number of hydrogen-bond acceptors (Lipinski definition) is 3. The molecule has 18 heavy (non-hydrogen) atoms. The van der Waals surface area contributed by atoms with Crippen molar-refractivity contribution in [3.05, 3.63) is 35.9 Å². The van der Waals surface area contributed by atoms with Crippen molar-refractivity contribution < 1.29 is 14.3 Å². The number of nitrogens with one attached hydrogen (secondary N) is 1. The lowest BCUT2D eigenvalue weighted by molar-refractivity contribution is -0.127. The van der Waals surface area contributed by atoms with E-state index in [1.165, 1.54) is 0 Å². The fourth-order valence-electron chi connectivity index (χ4n) is 2.29. The van der Waals surface area contributed by atoms with Crippen molar-refractivity contribution in [3.8, 4) is 0 Å². The fraction of sp³-hybridized carbons (Fsp3) is 0.500. The SMILES string of the molecule is O=C(N[C@@H]1CCOC1)[C@]1(Cc2ccccc2)CO1. The zero-order valence-electron chi connectivity index (χ0n) is 10.2. The van der Waals surface area contributed by atoms with Crippen molar-refractivity contribution in [1.82, 2.24) is 5.32 Å². The van der Waals surface area contributed by atoms with Crippen LogP contribution in [0.4, 0.5) is 0 Å². The maximum atomic E-state index is 12.2. The summed E-state index contributed by atoms with van der Waals surface area (Å²) in [5, 5.41) is 3.01. The van der Waals surface area contributed by atoms with E-state index in [9.17, 15) is 4.79 Å². The van der Waals surface area contributed by atoms with Crippen LogP contribution in [0.25, 0.3) is 0 Å². The van der Waals surface area contributed by atoms with Gasteiger partial charge >= 0.3 is 0 Å². The largest absolute Gasteiger partial charge is 0.379 e. The number of benzene rings is 1. The number of hydrogen-bond donors (Lipinski definition) is 1. The van der Waals surface area contributed by atoms with Gasteiger partial charge in [-0.3, -0.25) is 4.79 Å². The molecule has 4 heteroatoms. The molecule has 2 atom stereocenters. The normalized spacial score (nSPS) is 30.1. The summed E-state index contributed by atoms with van der Waals surface area (Å²) in [4.78, 5) is 12.2. The van der Waals surface area contributed by atoms with Gasteiger partial charge in [-0.2, -0.15) is 0 Å². The summed E-state index contributed by atoms with van der Waals surface area (Å²) in [6.45, 7) is 1.87. The van der Waals surface area contributed by atoms with Crippen LogP contribution >= 0.6 is 0 Å². The molecule has 0 saturated carbocycles. The van der Waals surface area contributed by atoms with Gasteiger partial charge in [0.25, 0.3) is 5.91 Å². The highest BCUT2D eigenvalue weighted by Gasteiger charge is 2.52. The Kier molecular flexibility index (Phi) is 3.06. The van der Waals surface area contributed by atoms with Crippen LogP contribution in [0.5, 0.6) is 0 Å². The molecule has 2 saturated heterocycles. The van der Waals surface area contributed by atoms with E-state index in [2.05, 4.69) is 5.32 Å². The molecule has 96 valence electrons. The van der Waals surface area contributed by atoms with E-state index in [1.807, 2.05) is 30.3 Å². The Labute approximate surface area is 106 Å². The van der Waals surface area contributed by atoms with E-state index >= 15 is 0 Å². The third-order valence-corrected chi connectivity index (χ3v) is 3.50. The van der Waals surface area contributed by atoms with E-state index in [4.69, 9.17) is 9.47 Å². The molecule has 3 rings (SSSR count). The van der Waals surface area contributed by atoms with Crippen LogP contribution in [0.3, 0.4) is 0 Å². The first-order valence-corrected chi connectivity index (χ1v) is 6.35. The summed E-state index contributed by atoms with van der Waals surface area (Å²) >= 11 is 0. The van der Waals surface area contributed by atoms with Crippen LogP contribution in [0.2, 0.25) is 0 Å². The Balaban J connectivity index is 1.62. The van der Waals surface area contributed by atoms with Crippen LogP contribution in [0.15, 0.2) is 30.3 Å². The number of carbonyl (C=O) groups excluding carboxylic acids is 1. The first kappa shape index (κ1) is 11.7. The molecule has 0 aliphatic carbocycles. The van der Waals surface area contributed by atoms with Crippen molar-refractivity contribution in [2.75, 3.05) is 19.8 Å². The molecule has 1 aromatic rings. The minimum absolute atomic E-state index is 0.00172. The van der Waals surface area contributed by atoms with Gasteiger partial charge < -0.3 is 14.8 Å². The number of ether oxygens (including phenoxy) is 2. The summed E-state index contributed by atoms with van der Waals surface area (Å²) in [5.41, 5.74) is 0.497. The van der Waals surface area contributed by atoms with Crippen LogP contribution < -0.4 is 5.32 Å². The molecule has 2 aliphatic rings. The van der Waals surface area contributed by atoms with Gasteiger partial charge in [0.2, 0.25) is 0 Å². The van der Waals surface area contributed by atoms with Crippen LogP contribution in [0, 0.1) is 0 Å². The minimum atomic E-state index is -0.635. The standard InChI is InChI=1S/C14H17NO3/c16-13(15-12-6-7-17-9-12)14(10-18-14)8-11-4-2-1-3-5-11/h1-5,12H,6-10H2,(H,15,16)/t12-,14+/m1/s1. The molecule has 4 nitrogen and oxygen atoms in total. The summed E-state index contributed by atoms with van der Waals surface area (Å²) in [6.07, 6.45) is 1.54. The molecule has 0 aromatic heterocycles. The van der Waals surface area contributed by atoms with Crippen molar-refractivity contribution in [3.63, 3.8) is 0 Å². The number of rotatable bonds is 4. The molecule has 1 amide bonds. The number of epoxide rings is 1. The summed E-state index contributed by atoms with van der Waals surface area (Å²) < 4.78 is 10.7. The van der Waals surface area contributed by atoms with E-state index in [-0.39, 0.29) is 11.9 Å². The average Bonchev–Trinajstić information content (AvgIpc) is 2.99. The fourth-order valence-corrected chi connectivity index (χ4v) is 2.29. The predicted molar refractivity (Wildman–Crippen MR) is 66.2 cm³/mol. The maximum absolute atomic E-state index is 12.2. The molecular formula is C14H17NO3. The quantitative estimate of drug-likeness (QED) is 0.804. The van der Waals surface area contributed by atoms with E-state index in [0.29, 0.717) is 19.6 Å². The van der Waals surface area contributed by atoms with Gasteiger partial charge in [-0.25, -0.2) is 0 Å². The summed E-state index contributed by atoms with van der Waals surface area (Å²) in [7, 11) is 0. The molecule has 0 spiro atoms. The lowest BCUT2D eigenvalue weighted by atomic mass is 9.99. The zero-order valence-corrected chi connectivity index (χ0v) is 10.2. The Bertz CT molecular complexity index is 422. The molecule has 1 N–H and O–H groups in total. The molecule has 1 aromatic carbocycles. The Morgan fingerprint density at radius 2 is 2.17 bits per heavy atom. The third kappa shape index (κ3) is 2.40. The molecule has 0 unspecified atom stereocenters. The van der Waals surface area contributed by atoms with Crippen molar-refractivity contribution in [1.29, 1.82) is 0 Å². The second-order valence-corrected chi connectivity index (χ2v) is 4.98. The second-order valence-electron chi connectivity index (χ2n) is 4.98. The van der Waals surface area contributed by atoms with Gasteiger partial charge in [-0.15, -0.1) is 0 Å². The summed E-state index contributed by atoms with van der Waals surface area (Å²) in [6, 6.07) is 10.1. The van der Waals surface area contributed by atoms with Crippen molar-refractivity contribution in [2.45, 2.75) is 24.5 Å². The van der Waals surface area contributed by atoms with Crippen LogP contribution in [-0.4, -0.2) is 37.4 Å². The smallest absolute Gasteiger partial charge is 0.255 e. The topological polar surface area (TPSA) is 50.9 Å². The van der Waals surface area contributed by atoms with E-state index in [0.717, 1.165) is 18.6 Å². The molecular weight excluding hydrogens is 230 g/mol. The van der Waals surface area contributed by atoms with Crippen molar-refractivity contribution in [2.24, 2.45) is 0 Å². The minimum Gasteiger partial charge on any atom is -0.379 e. The Hall–Kier alpha value is -1.39. The van der Waals surface area contributed by atoms with Crippen molar-refractivity contribution >= 4 is 5.91 Å². The lowest BCUT2D eigenvalue weighted by Gasteiger charge is -2.16. The second kappa shape index (κ2) is 4.71. The Morgan fingerprint density at radius 3 is 2.78 bits per heavy atom. The highest BCUT2D eigenvalue weighted by atomic mass is 16.6. The van der Waals surface area contributed by atoms with Gasteiger partial charge in [0.15, 0.2) is 5.60 Å². The summed E-state index contributed by atoms with van der Waals surface area (Å²) in [5.74, 6) is 0.00172. The number of amides is 1. The molecule has 0 bridgehead atoms. The molecule has 2 aliphatic heterocycles. The van der Waals surface area contributed by atoms with Crippen LogP contribution in [0.1, 0.15) is 12.0 Å². The first-order valence-electron chi connectivity index (χ1n) is 6.35. The van der Waals surface area contributed by atoms with Gasteiger partial charge in [0.1, 0.15) is 0 Å². The van der Waals surface area contributed by atoms with E-state index in [1.54, 1.807) is 0 Å². The monoisotopic (exact) mass is 247 g/mol. The number of carbonyl (C=O) groups is 1. The molecule has 0 radical (unpaired) electrons. The van der Waals surface area contributed by atoms with Gasteiger partial charge in [0, 0.05) is 13.0 Å². The lowest BCUT2D eigenvalue weighted by Crippen LogP contribution is -2.44. The molecule has 2 fully saturated rings. The third-order valence-electron chi connectivity index (χ3n) is 3.50. The van der Waals surface area contributed by atoms with Crippen LogP contribution in [-0.2, 0) is 20.7 Å². The van der Waals surface area contributed by atoms with Gasteiger partial charge in [-0.1, -0.05) is 30.3 Å². The average molecular weight is 247 g/mol. The molecule has 2 heterocycles. The van der Waals surface area contributed by atoms with Gasteiger partial charge in [0.05, 0.1) is 19.3 Å². The van der Waals surface area contributed by atoms with Gasteiger partial charge in [-0.05, 0) is 12.0 Å². The Morgan fingerprint density at radius 1 is 1.39 bits per heavy atom. The first-order chi connectivity index (χ1) is 8.78. The highest BCUT2D eigenvalue weighted by Crippen LogP contribution is 2.31. The predicted octanol–water partition coefficient (Wildman–Crippen LogP) is 0.903. The highest BCUT2D eigenvalue weighted by molar-refractivity contribution is 5.88. The van der Waals surface area contributed by atoms with E-state index < -0.39 is 5.60 Å². The maximum Gasteiger partial charge on any atom is 0.255 e.